The van der Waals surface area contributed by atoms with E-state index in [0.29, 0.717) is 31.1 Å². The van der Waals surface area contributed by atoms with Gasteiger partial charge in [-0.2, -0.15) is 0 Å². The summed E-state index contributed by atoms with van der Waals surface area (Å²) in [6.07, 6.45) is 1.40. The predicted octanol–water partition coefficient (Wildman–Crippen LogP) is 4.20. The Hall–Kier alpha value is -3.04. The number of carbonyl (C=O) groups excluding carboxylic acids is 2. The first-order valence-electron chi connectivity index (χ1n) is 10.9. The fourth-order valence-corrected chi connectivity index (χ4v) is 4.91. The van der Waals surface area contributed by atoms with Gasteiger partial charge in [0.15, 0.2) is 5.96 Å². The highest BCUT2D eigenvalue weighted by atomic mass is 35.5. The second kappa shape index (κ2) is 9.31. The number of amides is 2. The van der Waals surface area contributed by atoms with Gasteiger partial charge in [-0.1, -0.05) is 23.7 Å². The van der Waals surface area contributed by atoms with Crippen molar-refractivity contribution in [3.8, 4) is 0 Å². The van der Waals surface area contributed by atoms with Gasteiger partial charge in [-0.3, -0.25) is 14.5 Å². The first-order chi connectivity index (χ1) is 16.1. The Bertz CT molecular complexity index is 1150. The van der Waals surface area contributed by atoms with E-state index in [1.54, 1.807) is 30.0 Å². The van der Waals surface area contributed by atoms with Crippen LogP contribution in [0.1, 0.15) is 49.0 Å². The third kappa shape index (κ3) is 4.76. The van der Waals surface area contributed by atoms with Crippen molar-refractivity contribution < 1.29 is 23.1 Å². The van der Waals surface area contributed by atoms with E-state index in [-0.39, 0.29) is 46.7 Å². The van der Waals surface area contributed by atoms with Gasteiger partial charge in [0.2, 0.25) is 5.91 Å². The molecule has 0 aliphatic carbocycles. The molecule has 3 N–H and O–H groups in total. The standard InChI is InChI=1S/C24H25ClF2N4O3/c1-13-8-17(6-7-34-13)31-20(32)12-24(2,30-23(31)28)18-4-3-5-19(21(18)25)29-22(33)14-9-15(26)11-16(27)10-14/h3-5,9-11,13,17H,6-8,12H2,1-2H3,(H2,28,30)(H,29,33)/t13-,17-,24+/m1/s1. The van der Waals surface area contributed by atoms with Crippen LogP contribution in [0.5, 0.6) is 0 Å². The van der Waals surface area contributed by atoms with Crippen molar-refractivity contribution in [3.63, 3.8) is 0 Å². The van der Waals surface area contributed by atoms with E-state index >= 15 is 0 Å². The lowest BCUT2D eigenvalue weighted by atomic mass is 9.86. The molecule has 2 aliphatic rings. The average molecular weight is 491 g/mol. The van der Waals surface area contributed by atoms with Crippen molar-refractivity contribution in [3.05, 3.63) is 64.2 Å². The quantitative estimate of drug-likeness (QED) is 0.671. The van der Waals surface area contributed by atoms with E-state index in [1.807, 2.05) is 6.92 Å². The molecule has 0 saturated carbocycles. The lowest BCUT2D eigenvalue weighted by Gasteiger charge is -2.41. The monoisotopic (exact) mass is 490 g/mol. The number of halogens is 3. The van der Waals surface area contributed by atoms with Crippen molar-refractivity contribution >= 4 is 35.1 Å². The fraction of sp³-hybridized carbons (Fsp3) is 0.375. The van der Waals surface area contributed by atoms with Crippen LogP contribution in [0.4, 0.5) is 14.5 Å². The van der Waals surface area contributed by atoms with E-state index < -0.39 is 23.1 Å². The fourth-order valence-electron chi connectivity index (χ4n) is 4.53. The Morgan fingerprint density at radius 2 is 2.00 bits per heavy atom. The molecule has 2 aliphatic heterocycles. The van der Waals surface area contributed by atoms with Crippen molar-refractivity contribution in [1.82, 2.24) is 4.90 Å². The van der Waals surface area contributed by atoms with Crippen LogP contribution < -0.4 is 11.1 Å². The van der Waals surface area contributed by atoms with Gasteiger partial charge in [0.1, 0.15) is 11.6 Å². The van der Waals surface area contributed by atoms with Gasteiger partial charge >= 0.3 is 0 Å². The third-order valence-electron chi connectivity index (χ3n) is 6.15. The first-order valence-corrected chi connectivity index (χ1v) is 11.3. The highest BCUT2D eigenvalue weighted by Crippen LogP contribution is 2.41. The summed E-state index contributed by atoms with van der Waals surface area (Å²) in [7, 11) is 0. The number of aliphatic imine (C=N–C) groups is 1. The minimum Gasteiger partial charge on any atom is -0.378 e. The molecule has 0 radical (unpaired) electrons. The molecule has 0 aromatic heterocycles. The molecule has 1 fully saturated rings. The van der Waals surface area contributed by atoms with Crippen LogP contribution in [0, 0.1) is 11.6 Å². The Kier molecular flexibility index (Phi) is 6.60. The SMILES string of the molecule is C[C@@H]1C[C@H](N2C(=O)C[C@@](C)(c3cccc(NC(=O)c4cc(F)cc(F)c4)c3Cl)N=C2N)CCO1. The minimum atomic E-state index is -1.06. The first kappa shape index (κ1) is 24.1. The van der Waals surface area contributed by atoms with Crippen molar-refractivity contribution in [2.45, 2.75) is 50.8 Å². The molecule has 2 amide bonds. The minimum absolute atomic E-state index is 0.0222. The molecule has 180 valence electrons. The number of nitrogens with one attached hydrogen (secondary N) is 1. The average Bonchev–Trinajstić information content (AvgIpc) is 2.74. The van der Waals surface area contributed by atoms with E-state index in [4.69, 9.17) is 22.1 Å². The Morgan fingerprint density at radius 1 is 1.29 bits per heavy atom. The van der Waals surface area contributed by atoms with Crippen LogP contribution in [-0.2, 0) is 15.1 Å². The lowest BCUT2D eigenvalue weighted by Crippen LogP contribution is -2.56. The molecule has 1 saturated heterocycles. The van der Waals surface area contributed by atoms with Gasteiger partial charge < -0.3 is 15.8 Å². The van der Waals surface area contributed by atoms with E-state index in [1.165, 1.54) is 0 Å². The van der Waals surface area contributed by atoms with Crippen LogP contribution in [0.2, 0.25) is 5.02 Å². The zero-order valence-corrected chi connectivity index (χ0v) is 19.5. The molecule has 7 nitrogen and oxygen atoms in total. The van der Waals surface area contributed by atoms with Crippen LogP contribution >= 0.6 is 11.6 Å². The number of nitrogens with two attached hydrogens (primary N) is 1. The molecule has 34 heavy (non-hydrogen) atoms. The molecule has 0 bridgehead atoms. The Labute approximate surface area is 200 Å². The van der Waals surface area contributed by atoms with Gasteiger partial charge in [-0.05, 0) is 44.9 Å². The van der Waals surface area contributed by atoms with Crippen LogP contribution in [-0.4, -0.2) is 41.4 Å². The summed E-state index contributed by atoms with van der Waals surface area (Å²) in [5.74, 6) is -2.53. The molecule has 3 atom stereocenters. The Balaban J connectivity index is 1.61. The normalized spacial score (nSPS) is 25.1. The third-order valence-corrected chi connectivity index (χ3v) is 6.55. The van der Waals surface area contributed by atoms with Crippen LogP contribution in [0.15, 0.2) is 41.4 Å². The van der Waals surface area contributed by atoms with E-state index in [9.17, 15) is 18.4 Å². The second-order valence-corrected chi connectivity index (χ2v) is 9.20. The summed E-state index contributed by atoms with van der Waals surface area (Å²) < 4.78 is 32.6. The summed E-state index contributed by atoms with van der Waals surface area (Å²) in [6, 6.07) is 7.35. The number of hydrogen-bond acceptors (Lipinski definition) is 5. The lowest BCUT2D eigenvalue weighted by molar-refractivity contribution is -0.133. The number of carbonyl (C=O) groups is 2. The molecular formula is C24H25ClF2N4O3. The number of ether oxygens (including phenoxy) is 1. The number of guanidine groups is 1. The number of hydrogen-bond donors (Lipinski definition) is 2. The number of rotatable bonds is 4. The zero-order valence-electron chi connectivity index (χ0n) is 18.8. The molecule has 2 heterocycles. The summed E-state index contributed by atoms with van der Waals surface area (Å²) in [4.78, 5) is 31.9. The molecule has 2 aromatic rings. The van der Waals surface area contributed by atoms with Gasteiger partial charge in [-0.15, -0.1) is 0 Å². The topological polar surface area (TPSA) is 97.0 Å². The second-order valence-electron chi connectivity index (χ2n) is 8.82. The molecule has 0 unspecified atom stereocenters. The number of benzene rings is 2. The molecule has 2 aromatic carbocycles. The van der Waals surface area contributed by atoms with Gasteiger partial charge in [0, 0.05) is 29.8 Å². The summed E-state index contributed by atoms with van der Waals surface area (Å²) in [6.45, 7) is 4.25. The summed E-state index contributed by atoms with van der Waals surface area (Å²) >= 11 is 6.61. The Morgan fingerprint density at radius 3 is 2.65 bits per heavy atom. The molecular weight excluding hydrogens is 466 g/mol. The van der Waals surface area contributed by atoms with Gasteiger partial charge in [-0.25, -0.2) is 13.8 Å². The molecule has 4 rings (SSSR count). The smallest absolute Gasteiger partial charge is 0.255 e. The summed E-state index contributed by atoms with van der Waals surface area (Å²) in [5, 5.41) is 2.73. The molecule has 0 spiro atoms. The maximum atomic E-state index is 13.5. The van der Waals surface area contributed by atoms with Gasteiger partial charge in [0.05, 0.1) is 28.8 Å². The van der Waals surface area contributed by atoms with Gasteiger partial charge in [0.25, 0.3) is 5.91 Å². The zero-order chi connectivity index (χ0) is 24.6. The predicted molar refractivity (Wildman–Crippen MR) is 125 cm³/mol. The number of nitrogens with zero attached hydrogens (tertiary/aromatic N) is 2. The van der Waals surface area contributed by atoms with Crippen molar-refractivity contribution in [1.29, 1.82) is 0 Å². The maximum Gasteiger partial charge on any atom is 0.255 e. The summed E-state index contributed by atoms with van der Waals surface area (Å²) in [5.41, 5.74) is 5.72. The van der Waals surface area contributed by atoms with Crippen LogP contribution in [0.3, 0.4) is 0 Å². The maximum absolute atomic E-state index is 13.5. The van der Waals surface area contributed by atoms with Crippen molar-refractivity contribution in [2.75, 3.05) is 11.9 Å². The van der Waals surface area contributed by atoms with E-state index in [2.05, 4.69) is 10.3 Å². The van der Waals surface area contributed by atoms with Crippen molar-refractivity contribution in [2.24, 2.45) is 10.7 Å². The molecule has 10 heteroatoms. The number of anilines is 1. The van der Waals surface area contributed by atoms with Crippen LogP contribution in [0.25, 0.3) is 0 Å². The highest BCUT2D eigenvalue weighted by molar-refractivity contribution is 6.35. The highest BCUT2D eigenvalue weighted by Gasteiger charge is 2.42. The van der Waals surface area contributed by atoms with E-state index in [0.717, 1.165) is 12.1 Å². The largest absolute Gasteiger partial charge is 0.378 e.